The maximum absolute atomic E-state index is 13.8. The van der Waals surface area contributed by atoms with Gasteiger partial charge in [-0.15, -0.1) is 8.42 Å². The lowest BCUT2D eigenvalue weighted by atomic mass is 10.1. The molecule has 0 saturated heterocycles. The molecule has 224 valence electrons. The minimum atomic E-state index is -4.73. The highest BCUT2D eigenvalue weighted by molar-refractivity contribution is 7.82. The molecule has 1 amide bonds. The molecule has 0 unspecified atom stereocenters. The second-order valence-electron chi connectivity index (χ2n) is 9.60. The molecular formula is C28H20F3N7O5S. The fraction of sp³-hybridized carbons (Fsp3) is 0.107. The average molecular weight is 624 g/mol. The van der Waals surface area contributed by atoms with Gasteiger partial charge in [-0.25, -0.2) is 15.0 Å². The summed E-state index contributed by atoms with van der Waals surface area (Å²) in [6.07, 6.45) is 2.78. The number of amides is 1. The number of carbonyl (C=O) groups is 1. The van der Waals surface area contributed by atoms with E-state index in [1.54, 1.807) is 37.5 Å². The normalized spacial score (nSPS) is 13.5. The van der Waals surface area contributed by atoms with Gasteiger partial charge in [-0.3, -0.25) is 9.78 Å². The summed E-state index contributed by atoms with van der Waals surface area (Å²) in [5, 5.41) is 5.31. The quantitative estimate of drug-likeness (QED) is 0.253. The van der Waals surface area contributed by atoms with Crippen molar-refractivity contribution in [2.45, 2.75) is 20.0 Å². The number of nitrogens with one attached hydrogen (secondary N) is 2. The average Bonchev–Trinajstić information content (AvgIpc) is 3.32. The summed E-state index contributed by atoms with van der Waals surface area (Å²) >= 11 is 0. The maximum Gasteiger partial charge on any atom is 0.501 e. The van der Waals surface area contributed by atoms with Crippen LogP contribution in [0.15, 0.2) is 73.6 Å². The Labute approximate surface area is 247 Å². The number of rotatable bonds is 6. The first-order valence-corrected chi connectivity index (χ1v) is 14.1. The molecule has 0 spiro atoms. The molecule has 3 aromatic heterocycles. The van der Waals surface area contributed by atoms with Gasteiger partial charge in [0.05, 0.1) is 34.5 Å². The molecule has 44 heavy (non-hydrogen) atoms. The molecule has 2 aromatic carbocycles. The molecule has 2 aliphatic rings. The number of aryl methyl sites for hydroxylation is 1. The molecule has 5 heterocycles. The van der Waals surface area contributed by atoms with E-state index in [0.717, 1.165) is 18.2 Å². The molecular weight excluding hydrogens is 603 g/mol. The van der Waals surface area contributed by atoms with E-state index in [2.05, 4.69) is 30.6 Å². The number of carbonyl (C=O) groups excluding carboxylic acids is 1. The van der Waals surface area contributed by atoms with Crippen LogP contribution in [0.2, 0.25) is 0 Å². The van der Waals surface area contributed by atoms with E-state index in [4.69, 9.17) is 8.37 Å². The number of nitrogens with zero attached hydrogens (tertiary/aromatic N) is 5. The molecule has 16 heteroatoms. The highest BCUT2D eigenvalue weighted by Gasteiger charge is 2.35. The molecule has 2 bridgehead atoms. The Bertz CT molecular complexity index is 2030. The number of hydrogen-bond donors (Lipinski definition) is 2. The van der Waals surface area contributed by atoms with Gasteiger partial charge in [0.2, 0.25) is 5.95 Å². The van der Waals surface area contributed by atoms with Crippen LogP contribution in [-0.4, -0.2) is 38.8 Å². The van der Waals surface area contributed by atoms with Crippen molar-refractivity contribution >= 4 is 33.6 Å². The summed E-state index contributed by atoms with van der Waals surface area (Å²) < 4.78 is 77.9. The monoisotopic (exact) mass is 623 g/mol. The minimum Gasteiger partial charge on any atom is -0.352 e. The Hall–Kier alpha value is -5.51. The minimum absolute atomic E-state index is 0.00400. The zero-order valence-electron chi connectivity index (χ0n) is 22.7. The van der Waals surface area contributed by atoms with E-state index in [1.165, 1.54) is 36.3 Å². The Morgan fingerprint density at radius 3 is 2.55 bits per heavy atom. The number of hydrogen-bond acceptors (Lipinski definition) is 10. The molecule has 7 rings (SSSR count). The highest BCUT2D eigenvalue weighted by Crippen LogP contribution is 2.44. The second kappa shape index (κ2) is 10.6. The van der Waals surface area contributed by atoms with Crippen molar-refractivity contribution in [2.75, 3.05) is 10.6 Å². The third-order valence-electron chi connectivity index (χ3n) is 6.48. The van der Waals surface area contributed by atoms with Gasteiger partial charge in [0.1, 0.15) is 0 Å². The van der Waals surface area contributed by atoms with E-state index in [1.807, 2.05) is 0 Å². The van der Waals surface area contributed by atoms with Gasteiger partial charge in [0.25, 0.3) is 5.91 Å². The van der Waals surface area contributed by atoms with Crippen molar-refractivity contribution in [3.63, 3.8) is 0 Å². The van der Waals surface area contributed by atoms with Crippen molar-refractivity contribution in [2.24, 2.45) is 0 Å². The van der Waals surface area contributed by atoms with Crippen molar-refractivity contribution in [1.29, 1.82) is 0 Å². The Balaban J connectivity index is 1.40. The Morgan fingerprint density at radius 2 is 1.84 bits per heavy atom. The van der Waals surface area contributed by atoms with Gasteiger partial charge < -0.3 is 23.6 Å². The van der Waals surface area contributed by atoms with Crippen LogP contribution in [0.25, 0.3) is 16.9 Å². The number of fused-ring (bicyclic) bond motifs is 4. The lowest BCUT2D eigenvalue weighted by Crippen LogP contribution is -2.17. The second-order valence-corrected chi connectivity index (χ2v) is 10.8. The summed E-state index contributed by atoms with van der Waals surface area (Å²) in [7, 11) is -4.67. The molecule has 2 N–H and O–H groups in total. The van der Waals surface area contributed by atoms with E-state index < -0.39 is 33.8 Å². The van der Waals surface area contributed by atoms with Crippen LogP contribution >= 0.6 is 0 Å². The largest absolute Gasteiger partial charge is 0.501 e. The zero-order valence-corrected chi connectivity index (χ0v) is 23.6. The first kappa shape index (κ1) is 28.6. The van der Waals surface area contributed by atoms with Crippen molar-refractivity contribution < 1.29 is 34.7 Å². The first-order valence-electron chi connectivity index (χ1n) is 12.7. The number of imidazole rings is 1. The van der Waals surface area contributed by atoms with Crippen molar-refractivity contribution in [3.8, 4) is 28.4 Å². The first-order chi connectivity index (χ1) is 20.9. The van der Waals surface area contributed by atoms with E-state index >= 15 is 0 Å². The summed E-state index contributed by atoms with van der Waals surface area (Å²) in [4.78, 5) is 30.3. The molecule has 12 nitrogen and oxygen atoms in total. The van der Waals surface area contributed by atoms with Crippen molar-refractivity contribution in [3.05, 3.63) is 96.0 Å². The van der Waals surface area contributed by atoms with Gasteiger partial charge in [-0.05, 0) is 56.3 Å². The number of anilines is 3. The highest BCUT2D eigenvalue weighted by atomic mass is 32.3. The number of aromatic nitrogens is 5. The van der Waals surface area contributed by atoms with Crippen LogP contribution in [0.5, 0.6) is 11.5 Å². The third-order valence-corrected chi connectivity index (χ3v) is 7.23. The summed E-state index contributed by atoms with van der Waals surface area (Å²) in [6.45, 7) is 3.19. The SMILES string of the molecule is Cc1cn(-c2cc(NC(=O)c3cc4c(C)c(Nc5nccc(-c6cccnc6)n5)c3OS(=O)(=O)O4)cc(C(F)(F)F)c2)cn1. The fourth-order valence-corrected chi connectivity index (χ4v) is 5.22. The van der Waals surface area contributed by atoms with Gasteiger partial charge in [0.15, 0.2) is 11.5 Å². The molecule has 0 aliphatic carbocycles. The molecule has 0 fully saturated rings. The van der Waals surface area contributed by atoms with Gasteiger partial charge in [-0.2, -0.15) is 13.2 Å². The van der Waals surface area contributed by atoms with Crippen molar-refractivity contribution in [1.82, 2.24) is 24.5 Å². The lowest BCUT2D eigenvalue weighted by molar-refractivity contribution is -0.137. The molecule has 2 aliphatic heterocycles. The van der Waals surface area contributed by atoms with Gasteiger partial charge >= 0.3 is 16.6 Å². The van der Waals surface area contributed by atoms with Gasteiger partial charge in [0, 0.05) is 47.3 Å². The van der Waals surface area contributed by atoms with E-state index in [0.29, 0.717) is 17.0 Å². The topological polar surface area (TPSA) is 150 Å². The van der Waals surface area contributed by atoms with Crippen LogP contribution in [0, 0.1) is 13.8 Å². The maximum atomic E-state index is 13.8. The van der Waals surface area contributed by atoms with E-state index in [9.17, 15) is 26.4 Å². The third kappa shape index (κ3) is 5.74. The number of alkyl halides is 3. The predicted octanol–water partition coefficient (Wildman–Crippen LogP) is 5.37. The summed E-state index contributed by atoms with van der Waals surface area (Å²) in [5.41, 5.74) is 0.482. The van der Waals surface area contributed by atoms with Crippen LogP contribution in [0.1, 0.15) is 27.2 Å². The molecule has 0 radical (unpaired) electrons. The standard InChI is InChI=1S/C28H20F3N7O5S/c1-15-13-38(14-34-15)20-9-18(28(29,30)31)8-19(10-20)35-26(39)21-11-23-16(2)24(25(21)43-44(40,41)42-23)37-27-33-7-5-22(36-27)17-4-3-6-32-12-17/h3-14H,1-2H3,(H,35,39)(H,33,36,37). The predicted molar refractivity (Wildman–Crippen MR) is 151 cm³/mol. The smallest absolute Gasteiger partial charge is 0.352 e. The van der Waals surface area contributed by atoms with Gasteiger partial charge in [-0.1, -0.05) is 0 Å². The molecule has 5 aromatic rings. The number of halogens is 3. The van der Waals surface area contributed by atoms with E-state index in [-0.39, 0.29) is 39.9 Å². The summed E-state index contributed by atoms with van der Waals surface area (Å²) in [6, 6.07) is 9.25. The van der Waals surface area contributed by atoms with Crippen LogP contribution < -0.4 is 19.0 Å². The Morgan fingerprint density at radius 1 is 1.02 bits per heavy atom. The fourth-order valence-electron chi connectivity index (χ4n) is 4.42. The van der Waals surface area contributed by atoms with Crippen LogP contribution in [0.3, 0.4) is 0 Å². The Kier molecular flexibility index (Phi) is 6.92. The number of pyridine rings is 1. The summed E-state index contributed by atoms with van der Waals surface area (Å²) in [5.74, 6) is -1.66. The molecule has 0 atom stereocenters. The molecule has 0 saturated carbocycles. The van der Waals surface area contributed by atoms with Crippen LogP contribution in [0.4, 0.5) is 30.5 Å². The van der Waals surface area contributed by atoms with Crippen LogP contribution in [-0.2, 0) is 16.6 Å². The zero-order chi connectivity index (χ0) is 31.2. The number of benzene rings is 2. The lowest BCUT2D eigenvalue weighted by Gasteiger charge is -2.16.